The molecule has 0 fully saturated rings. The number of aryl methyl sites for hydroxylation is 1. The van der Waals surface area contributed by atoms with Gasteiger partial charge in [0.2, 0.25) is 35.4 Å². The monoisotopic (exact) mass is 1260 g/mol. The molecule has 5 heterocycles. The molecule has 3 aliphatic rings. The fourth-order valence-electron chi connectivity index (χ4n) is 11.4. The molecular weight excluding hydrogens is 1180 g/mol. The highest BCUT2D eigenvalue weighted by Crippen LogP contribution is 2.40. The first-order valence-corrected chi connectivity index (χ1v) is 29.5. The molecule has 4 aromatic rings. The molecule has 0 spiro atoms. The lowest BCUT2D eigenvalue weighted by atomic mass is 9.78. The molecule has 2 aromatic carbocycles. The number of aromatic nitrogens is 2. The lowest BCUT2D eigenvalue weighted by Gasteiger charge is -2.39. The highest BCUT2D eigenvalue weighted by atomic mass is 19.1. The minimum Gasteiger partial charge on any atom is -0.458 e. The first-order valence-electron chi connectivity index (χ1n) is 29.5. The van der Waals surface area contributed by atoms with E-state index in [4.69, 9.17) is 19.6 Å². The zero-order valence-corrected chi connectivity index (χ0v) is 50.9. The van der Waals surface area contributed by atoms with Crippen molar-refractivity contribution in [2.24, 2.45) is 5.41 Å². The van der Waals surface area contributed by atoms with Crippen molar-refractivity contribution in [1.82, 2.24) is 46.4 Å². The van der Waals surface area contributed by atoms with Gasteiger partial charge in [-0.15, -0.1) is 0 Å². The van der Waals surface area contributed by atoms with Crippen LogP contribution < -0.4 is 37.5 Å². The van der Waals surface area contributed by atoms with E-state index >= 15 is 4.39 Å². The third-order valence-electron chi connectivity index (χ3n) is 16.3. The predicted octanol–water partition coefficient (Wildman–Crippen LogP) is -1.16. The second-order valence-corrected chi connectivity index (χ2v) is 23.9. The largest absolute Gasteiger partial charge is 0.458 e. The van der Waals surface area contributed by atoms with Crippen LogP contribution in [0, 0.1) is 18.2 Å². The molecule has 486 valence electrons. The number of ether oxygens (including phenoxy) is 2. The summed E-state index contributed by atoms with van der Waals surface area (Å²) in [4.78, 5) is 138. The molecule has 0 radical (unpaired) electrons. The number of carbonyl (C=O) groups excluding carboxylic acids is 9. The summed E-state index contributed by atoms with van der Waals surface area (Å²) in [5.41, 5.74) is -0.955. The van der Waals surface area contributed by atoms with E-state index in [1.54, 1.807) is 64.1 Å². The first-order chi connectivity index (χ1) is 42.5. The van der Waals surface area contributed by atoms with Crippen LogP contribution >= 0.6 is 0 Å². The van der Waals surface area contributed by atoms with Crippen LogP contribution in [0.25, 0.3) is 22.3 Å². The van der Waals surface area contributed by atoms with Crippen LogP contribution in [0.4, 0.5) is 4.39 Å². The van der Waals surface area contributed by atoms with Gasteiger partial charge in [0.25, 0.3) is 17.4 Å². The summed E-state index contributed by atoms with van der Waals surface area (Å²) in [6.07, 6.45) is -4.96. The molecule has 7 rings (SSSR count). The van der Waals surface area contributed by atoms with Gasteiger partial charge in [-0.05, 0) is 88.1 Å². The number of nitrogens with one attached hydrogen (secondary N) is 6. The summed E-state index contributed by atoms with van der Waals surface area (Å²) >= 11 is 0. The van der Waals surface area contributed by atoms with Crippen molar-refractivity contribution in [1.29, 1.82) is 0 Å². The Balaban J connectivity index is 0.906. The van der Waals surface area contributed by atoms with E-state index < -0.39 is 157 Å². The number of amides is 8. The summed E-state index contributed by atoms with van der Waals surface area (Å²) in [7, 11) is 0. The van der Waals surface area contributed by atoms with Crippen molar-refractivity contribution in [3.63, 3.8) is 0 Å². The Kier molecular flexibility index (Phi) is 22.7. The number of nitrogens with zero attached hydrogens (tertiary/aromatic N) is 3. The summed E-state index contributed by atoms with van der Waals surface area (Å²) in [5.74, 6) is -7.27. The van der Waals surface area contributed by atoms with Crippen molar-refractivity contribution in [2.75, 3.05) is 39.6 Å². The maximum absolute atomic E-state index is 15.5. The van der Waals surface area contributed by atoms with Gasteiger partial charge in [0.05, 0.1) is 54.8 Å². The number of cyclic esters (lactones) is 1. The average Bonchev–Trinajstić information content (AvgIpc) is 1.48. The van der Waals surface area contributed by atoms with Crippen LogP contribution in [0.15, 0.2) is 65.5 Å². The SMILES string of the molecule is CC[C@@]1(O)C(=O)OCc2c1cc1n(c2=O)Cc2cc3c(CCCCOCNC(=O)CNC(=O)[C@H](Cc4ccccc4)NC(=O)CNC(=O)[C@H](CCC(=O)NC[C@H](O)[C@@H](O)[C@H](O)[C@H](O)CO)NC(=O)C(C)(C)CC(C)(C)N4C(=O)C=CC4=O)c(C)c(F)cc3nc2-1. The minimum absolute atomic E-state index is 0.0156. The van der Waals surface area contributed by atoms with Gasteiger partial charge in [-0.25, -0.2) is 14.2 Å². The summed E-state index contributed by atoms with van der Waals surface area (Å²) in [6, 6.07) is 10.6. The van der Waals surface area contributed by atoms with Gasteiger partial charge in [0.1, 0.15) is 49.6 Å². The number of aliphatic hydroxyl groups excluding tert-OH is 5. The molecule has 7 atom stereocenters. The number of esters is 1. The highest BCUT2D eigenvalue weighted by Gasteiger charge is 2.46. The first kappa shape index (κ1) is 69.1. The number of carbonyl (C=O) groups is 9. The second kappa shape index (κ2) is 29.5. The zero-order chi connectivity index (χ0) is 66.0. The number of pyridine rings is 2. The molecule has 0 saturated heterocycles. The Hall–Kier alpha value is -8.38. The number of fused-ring (bicyclic) bond motifs is 5. The molecule has 27 nitrogen and oxygen atoms in total. The number of halogens is 1. The molecule has 0 aliphatic carbocycles. The molecule has 90 heavy (non-hydrogen) atoms. The molecule has 0 bridgehead atoms. The quantitative estimate of drug-likeness (QED) is 0.0108. The number of hydrogen-bond acceptors (Lipinski definition) is 19. The van der Waals surface area contributed by atoms with E-state index in [2.05, 4.69) is 31.9 Å². The molecule has 0 saturated carbocycles. The smallest absolute Gasteiger partial charge is 0.343 e. The second-order valence-electron chi connectivity index (χ2n) is 23.9. The van der Waals surface area contributed by atoms with Gasteiger partial charge in [-0.2, -0.15) is 0 Å². The third-order valence-corrected chi connectivity index (χ3v) is 16.3. The maximum atomic E-state index is 15.5. The summed E-state index contributed by atoms with van der Waals surface area (Å²) in [5, 5.41) is 76.0. The van der Waals surface area contributed by atoms with Crippen LogP contribution in [-0.4, -0.2) is 180 Å². The van der Waals surface area contributed by atoms with Crippen molar-refractivity contribution < 1.29 is 87.7 Å². The number of benzene rings is 2. The van der Waals surface area contributed by atoms with Crippen molar-refractivity contribution in [2.45, 2.75) is 154 Å². The van der Waals surface area contributed by atoms with Crippen molar-refractivity contribution in [3.05, 3.63) is 110 Å². The number of aliphatic hydroxyl groups is 6. The van der Waals surface area contributed by atoms with Gasteiger partial charge >= 0.3 is 5.97 Å². The molecule has 2 aromatic heterocycles. The van der Waals surface area contributed by atoms with Crippen LogP contribution in [0.1, 0.15) is 107 Å². The van der Waals surface area contributed by atoms with E-state index in [1.807, 2.05) is 6.07 Å². The van der Waals surface area contributed by atoms with Crippen molar-refractivity contribution in [3.8, 4) is 11.4 Å². The topological polar surface area (TPSA) is 404 Å². The molecular formula is C62H78FN9O18. The van der Waals surface area contributed by atoms with E-state index in [-0.39, 0.29) is 56.9 Å². The third kappa shape index (κ3) is 16.1. The average molecular weight is 1260 g/mol. The Morgan fingerprint density at radius 1 is 0.822 bits per heavy atom. The lowest BCUT2D eigenvalue weighted by Crippen LogP contribution is -2.56. The van der Waals surface area contributed by atoms with Gasteiger partial charge in [-0.1, -0.05) is 51.1 Å². The predicted molar refractivity (Wildman–Crippen MR) is 318 cm³/mol. The molecule has 3 aliphatic heterocycles. The van der Waals surface area contributed by atoms with E-state index in [1.165, 1.54) is 24.5 Å². The standard InChI is InChI=1S/C62H78FN9O18/c1-7-62(88)39-23-44-52-35(28-71(44)57(85)38(39)30-90-59(62)87)22-37-36(33(2)40(63)24-42(37)69-52)15-11-12-20-89-32-67-48(77)26-65-56(84)43(21-34-13-9-8-10-14-34)68-49(78)27-66-55(83)41(16-17-47(76)64-25-45(74)53(81)54(82)46(75)29-73)70-58(86)60(3,4)31-61(5,6)72-50(79)18-19-51(72)80/h8-10,13-14,18-19,22-24,41,43,45-46,53-54,73-75,81-82,88H,7,11-12,15-17,20-21,25-32H2,1-6H3,(H,64,76)(H,65,84)(H,66,83)(H,67,77)(H,68,78)(H,70,86)/t41-,43-,45-,46+,53+,54+,62-/m0/s1. The van der Waals surface area contributed by atoms with Gasteiger partial charge in [0, 0.05) is 71.7 Å². The highest BCUT2D eigenvalue weighted by molar-refractivity contribution is 6.13. The zero-order valence-electron chi connectivity index (χ0n) is 50.9. The fraction of sp³-hybridized carbons (Fsp3) is 0.500. The van der Waals surface area contributed by atoms with Gasteiger partial charge in [-0.3, -0.25) is 48.1 Å². The van der Waals surface area contributed by atoms with Crippen LogP contribution in [0.3, 0.4) is 0 Å². The number of imide groups is 1. The Morgan fingerprint density at radius 3 is 2.14 bits per heavy atom. The van der Waals surface area contributed by atoms with E-state index in [9.17, 15) is 73.5 Å². The fourth-order valence-corrected chi connectivity index (χ4v) is 11.4. The van der Waals surface area contributed by atoms with Crippen LogP contribution in [0.5, 0.6) is 0 Å². The normalized spacial score (nSPS) is 17.3. The van der Waals surface area contributed by atoms with Gasteiger partial charge in [0.15, 0.2) is 5.60 Å². The molecule has 12 N–H and O–H groups in total. The Morgan fingerprint density at radius 2 is 1.48 bits per heavy atom. The number of hydrogen-bond donors (Lipinski definition) is 12. The molecule has 0 unspecified atom stereocenters. The minimum atomic E-state index is -2.00. The Bertz CT molecular complexity index is 3490. The summed E-state index contributed by atoms with van der Waals surface area (Å²) in [6.45, 7) is 6.46. The number of unbranched alkanes of at least 4 members (excludes halogenated alkanes) is 1. The molecule has 28 heteroatoms. The van der Waals surface area contributed by atoms with Crippen molar-refractivity contribution >= 4 is 64.1 Å². The van der Waals surface area contributed by atoms with E-state index in [0.717, 1.165) is 17.1 Å². The van der Waals surface area contributed by atoms with Gasteiger partial charge < -0.3 is 76.6 Å². The van der Waals surface area contributed by atoms with E-state index in [0.29, 0.717) is 63.8 Å². The maximum Gasteiger partial charge on any atom is 0.343 e. The van der Waals surface area contributed by atoms with Crippen LogP contribution in [-0.2, 0) is 84.2 Å². The van der Waals surface area contributed by atoms with Crippen LogP contribution in [0.2, 0.25) is 0 Å². The Labute approximate surface area is 516 Å². The summed E-state index contributed by atoms with van der Waals surface area (Å²) < 4.78 is 27.8. The molecule has 8 amide bonds. The lowest BCUT2D eigenvalue weighted by molar-refractivity contribution is -0.172. The number of rotatable bonds is 31.